The molecule has 0 N–H and O–H groups in total. The van der Waals surface area contributed by atoms with Crippen molar-refractivity contribution in [3.63, 3.8) is 0 Å². The summed E-state index contributed by atoms with van der Waals surface area (Å²) in [7, 11) is 0. The second-order valence-corrected chi connectivity index (χ2v) is 8.09. The zero-order valence-corrected chi connectivity index (χ0v) is 16.2. The van der Waals surface area contributed by atoms with Crippen LogP contribution in [0, 0.1) is 13.8 Å². The van der Waals surface area contributed by atoms with E-state index in [4.69, 9.17) is 0 Å². The lowest BCUT2D eigenvalue weighted by atomic mass is 10.3. The number of hydrogen-bond donors (Lipinski definition) is 0. The van der Waals surface area contributed by atoms with Crippen molar-refractivity contribution >= 4 is 33.7 Å². The van der Waals surface area contributed by atoms with Gasteiger partial charge in [0.1, 0.15) is 16.4 Å². The first-order chi connectivity index (χ1) is 12.6. The lowest BCUT2D eigenvalue weighted by molar-refractivity contribution is 0.0741. The van der Waals surface area contributed by atoms with Crippen LogP contribution in [0.1, 0.15) is 21.1 Å². The van der Waals surface area contributed by atoms with Gasteiger partial charge in [-0.25, -0.2) is 9.97 Å². The van der Waals surface area contributed by atoms with Gasteiger partial charge in [0.05, 0.1) is 11.9 Å². The molecule has 9 heteroatoms. The number of carbonyl (C=O) groups is 1. The maximum atomic E-state index is 12.7. The Kier molecular flexibility index (Phi) is 4.64. The fourth-order valence-corrected chi connectivity index (χ4v) is 4.47. The fraction of sp³-hybridized carbons (Fsp3) is 0.353. The third-order valence-corrected chi connectivity index (χ3v) is 6.36. The molecule has 0 bridgehead atoms. The van der Waals surface area contributed by atoms with Crippen LogP contribution in [0.5, 0.6) is 0 Å². The molecule has 26 heavy (non-hydrogen) atoms. The molecule has 0 saturated carbocycles. The van der Waals surface area contributed by atoms with Crippen LogP contribution in [-0.2, 0) is 0 Å². The Hall–Kier alpha value is -2.39. The number of thiazole rings is 2. The minimum atomic E-state index is -0.0254. The standard InChI is InChI=1S/C17H18N6OS2/c1-11-12(2)26-17(20-11)23-7-5-22(6-8-23)16(24)14-10-25-15(21-14)13-9-18-3-4-19-13/h3-4,9-10H,5-8H2,1-2H3. The molecule has 0 aromatic carbocycles. The first kappa shape index (κ1) is 17.0. The van der Waals surface area contributed by atoms with Gasteiger partial charge in [-0.15, -0.1) is 22.7 Å². The first-order valence-corrected chi connectivity index (χ1v) is 10.0. The molecule has 0 aliphatic carbocycles. The minimum absolute atomic E-state index is 0.0254. The second-order valence-electron chi connectivity index (χ2n) is 6.05. The number of carbonyl (C=O) groups excluding carboxylic acids is 1. The van der Waals surface area contributed by atoms with Crippen molar-refractivity contribution in [3.05, 3.63) is 40.2 Å². The van der Waals surface area contributed by atoms with Crippen LogP contribution in [0.2, 0.25) is 0 Å². The largest absolute Gasteiger partial charge is 0.345 e. The van der Waals surface area contributed by atoms with Crippen LogP contribution in [0.25, 0.3) is 10.7 Å². The number of rotatable bonds is 3. The van der Waals surface area contributed by atoms with Crippen LogP contribution in [0.15, 0.2) is 24.0 Å². The summed E-state index contributed by atoms with van der Waals surface area (Å²) in [5, 5.41) is 3.56. The van der Waals surface area contributed by atoms with Gasteiger partial charge in [-0.1, -0.05) is 0 Å². The molecule has 0 unspecified atom stereocenters. The van der Waals surface area contributed by atoms with Crippen molar-refractivity contribution in [3.8, 4) is 10.7 Å². The molecule has 4 heterocycles. The van der Waals surface area contributed by atoms with Gasteiger partial charge in [0.2, 0.25) is 0 Å². The van der Waals surface area contributed by atoms with Gasteiger partial charge in [-0.05, 0) is 13.8 Å². The molecule has 0 spiro atoms. The fourth-order valence-electron chi connectivity index (χ4n) is 2.75. The molecule has 4 rings (SSSR count). The Labute approximate surface area is 159 Å². The molecular formula is C17H18N6OS2. The zero-order valence-electron chi connectivity index (χ0n) is 14.5. The van der Waals surface area contributed by atoms with Gasteiger partial charge in [0.25, 0.3) is 5.91 Å². The Morgan fingerprint density at radius 3 is 2.58 bits per heavy atom. The highest BCUT2D eigenvalue weighted by molar-refractivity contribution is 7.15. The summed E-state index contributed by atoms with van der Waals surface area (Å²) in [6.45, 7) is 7.06. The molecule has 1 saturated heterocycles. The van der Waals surface area contributed by atoms with Gasteiger partial charge >= 0.3 is 0 Å². The van der Waals surface area contributed by atoms with E-state index in [-0.39, 0.29) is 5.91 Å². The summed E-state index contributed by atoms with van der Waals surface area (Å²) in [5.41, 5.74) is 2.25. The van der Waals surface area contributed by atoms with E-state index in [0.717, 1.165) is 23.9 Å². The van der Waals surface area contributed by atoms with Crippen molar-refractivity contribution in [1.29, 1.82) is 0 Å². The number of anilines is 1. The van der Waals surface area contributed by atoms with Crippen LogP contribution in [0.3, 0.4) is 0 Å². The zero-order chi connectivity index (χ0) is 18.1. The molecule has 1 aliphatic rings. The van der Waals surface area contributed by atoms with Gasteiger partial charge in [-0.2, -0.15) is 0 Å². The van der Waals surface area contributed by atoms with E-state index in [1.54, 1.807) is 35.3 Å². The quantitative estimate of drug-likeness (QED) is 0.689. The van der Waals surface area contributed by atoms with Crippen molar-refractivity contribution in [2.24, 2.45) is 0 Å². The van der Waals surface area contributed by atoms with Crippen molar-refractivity contribution < 1.29 is 4.79 Å². The lowest BCUT2D eigenvalue weighted by Crippen LogP contribution is -2.48. The lowest BCUT2D eigenvalue weighted by Gasteiger charge is -2.34. The highest BCUT2D eigenvalue weighted by Crippen LogP contribution is 2.26. The summed E-state index contributed by atoms with van der Waals surface area (Å²) in [6.07, 6.45) is 4.90. The monoisotopic (exact) mass is 386 g/mol. The number of aryl methyl sites for hydroxylation is 2. The molecule has 3 aromatic heterocycles. The van der Waals surface area contributed by atoms with E-state index < -0.39 is 0 Å². The van der Waals surface area contributed by atoms with Crippen molar-refractivity contribution in [1.82, 2.24) is 24.8 Å². The van der Waals surface area contributed by atoms with E-state index in [1.165, 1.54) is 16.2 Å². The minimum Gasteiger partial charge on any atom is -0.345 e. The SMILES string of the molecule is Cc1nc(N2CCN(C(=O)c3csc(-c4cnccn4)n3)CC2)sc1C. The topological polar surface area (TPSA) is 75.1 Å². The van der Waals surface area contributed by atoms with Crippen LogP contribution < -0.4 is 4.90 Å². The molecule has 1 fully saturated rings. The third kappa shape index (κ3) is 3.32. The normalized spacial score (nSPS) is 14.7. The molecule has 1 aliphatic heterocycles. The van der Waals surface area contributed by atoms with Gasteiger partial charge in [0, 0.05) is 48.8 Å². The third-order valence-electron chi connectivity index (χ3n) is 4.36. The summed E-state index contributed by atoms with van der Waals surface area (Å²) in [4.78, 5) is 35.5. The summed E-state index contributed by atoms with van der Waals surface area (Å²) in [5.74, 6) is -0.0254. The van der Waals surface area contributed by atoms with Gasteiger partial charge in [0.15, 0.2) is 5.13 Å². The molecule has 3 aromatic rings. The average Bonchev–Trinajstić information content (AvgIpc) is 3.30. The number of amides is 1. The predicted molar refractivity (Wildman–Crippen MR) is 103 cm³/mol. The number of nitrogens with zero attached hydrogens (tertiary/aromatic N) is 6. The van der Waals surface area contributed by atoms with Crippen molar-refractivity contribution in [2.45, 2.75) is 13.8 Å². The smallest absolute Gasteiger partial charge is 0.273 e. The van der Waals surface area contributed by atoms with Crippen LogP contribution in [0.4, 0.5) is 5.13 Å². The molecule has 134 valence electrons. The van der Waals surface area contributed by atoms with E-state index >= 15 is 0 Å². The van der Waals surface area contributed by atoms with E-state index in [2.05, 4.69) is 31.8 Å². The Bertz CT molecular complexity index is 895. The van der Waals surface area contributed by atoms with Gasteiger partial charge < -0.3 is 9.80 Å². The molecule has 7 nitrogen and oxygen atoms in total. The van der Waals surface area contributed by atoms with E-state index in [1.807, 2.05) is 11.8 Å². The Morgan fingerprint density at radius 1 is 1.12 bits per heavy atom. The summed E-state index contributed by atoms with van der Waals surface area (Å²) < 4.78 is 0. The Balaban J connectivity index is 1.41. The molecule has 1 amide bonds. The molecule has 0 radical (unpaired) electrons. The van der Waals surface area contributed by atoms with E-state index in [9.17, 15) is 4.79 Å². The molecule has 0 atom stereocenters. The maximum Gasteiger partial charge on any atom is 0.273 e. The number of aromatic nitrogens is 4. The first-order valence-electron chi connectivity index (χ1n) is 8.32. The Morgan fingerprint density at radius 2 is 1.92 bits per heavy atom. The summed E-state index contributed by atoms with van der Waals surface area (Å²) in [6, 6.07) is 0. The van der Waals surface area contributed by atoms with Crippen LogP contribution >= 0.6 is 22.7 Å². The maximum absolute atomic E-state index is 12.7. The highest BCUT2D eigenvalue weighted by Gasteiger charge is 2.25. The second kappa shape index (κ2) is 7.08. The number of hydrogen-bond acceptors (Lipinski definition) is 8. The van der Waals surface area contributed by atoms with Gasteiger partial charge in [-0.3, -0.25) is 14.8 Å². The number of piperazine rings is 1. The van der Waals surface area contributed by atoms with E-state index in [0.29, 0.717) is 29.5 Å². The molecular weight excluding hydrogens is 368 g/mol. The predicted octanol–water partition coefficient (Wildman–Crippen LogP) is 2.64. The summed E-state index contributed by atoms with van der Waals surface area (Å²) >= 11 is 3.13. The van der Waals surface area contributed by atoms with Crippen molar-refractivity contribution in [2.75, 3.05) is 31.1 Å². The average molecular weight is 387 g/mol. The van der Waals surface area contributed by atoms with Crippen LogP contribution in [-0.4, -0.2) is 56.9 Å². The highest BCUT2D eigenvalue weighted by atomic mass is 32.1.